The molecule has 0 aliphatic heterocycles. The molecule has 2 unspecified atom stereocenters. The Morgan fingerprint density at radius 3 is 2.89 bits per heavy atom. The van der Waals surface area contributed by atoms with Gasteiger partial charge in [-0.2, -0.15) is 0 Å². The summed E-state index contributed by atoms with van der Waals surface area (Å²) in [4.78, 5) is 11.9. The van der Waals surface area contributed by atoms with Crippen molar-refractivity contribution in [2.45, 2.75) is 42.2 Å². The van der Waals surface area contributed by atoms with E-state index in [9.17, 15) is 4.79 Å². The van der Waals surface area contributed by atoms with Gasteiger partial charge in [0.05, 0.1) is 11.3 Å². The molecule has 2 atom stereocenters. The van der Waals surface area contributed by atoms with Crippen molar-refractivity contribution in [1.29, 1.82) is 0 Å². The van der Waals surface area contributed by atoms with Crippen LogP contribution in [0.15, 0.2) is 21.7 Å². The molecule has 102 valence electrons. The summed E-state index contributed by atoms with van der Waals surface area (Å²) in [7, 11) is 1.44. The number of ether oxygens (including phenoxy) is 1. The largest absolute Gasteiger partial charge is 0.468 e. The van der Waals surface area contributed by atoms with Gasteiger partial charge in [-0.25, -0.2) is 0 Å². The van der Waals surface area contributed by atoms with E-state index in [0.717, 1.165) is 13.0 Å². The number of thioether (sulfide) groups is 1. The molecule has 1 aromatic rings. The van der Waals surface area contributed by atoms with Crippen molar-refractivity contribution in [1.82, 2.24) is 5.32 Å². The summed E-state index contributed by atoms with van der Waals surface area (Å²) in [5.41, 5.74) is -0.604. The van der Waals surface area contributed by atoms with Gasteiger partial charge in [0, 0.05) is 5.25 Å². The van der Waals surface area contributed by atoms with Crippen LogP contribution in [-0.4, -0.2) is 30.4 Å². The summed E-state index contributed by atoms with van der Waals surface area (Å²) in [6.45, 7) is 6.80. The van der Waals surface area contributed by atoms with E-state index in [1.54, 1.807) is 23.1 Å². The fourth-order valence-electron chi connectivity index (χ4n) is 1.99. The number of nitrogens with one attached hydrogen (secondary N) is 1. The minimum absolute atomic E-state index is 0.192. The van der Waals surface area contributed by atoms with E-state index in [1.165, 1.54) is 11.3 Å². The number of hydrogen-bond donors (Lipinski definition) is 1. The van der Waals surface area contributed by atoms with Gasteiger partial charge in [0.25, 0.3) is 0 Å². The fourth-order valence-corrected chi connectivity index (χ4v) is 4.29. The highest BCUT2D eigenvalue weighted by Crippen LogP contribution is 2.32. The van der Waals surface area contributed by atoms with Gasteiger partial charge in [-0.1, -0.05) is 19.9 Å². The van der Waals surface area contributed by atoms with Gasteiger partial charge < -0.3 is 10.1 Å². The van der Waals surface area contributed by atoms with Crippen LogP contribution in [0, 0.1) is 0 Å². The van der Waals surface area contributed by atoms with Crippen LogP contribution in [0.4, 0.5) is 0 Å². The lowest BCUT2D eigenvalue weighted by atomic mass is 9.96. The highest BCUT2D eigenvalue weighted by molar-refractivity contribution is 8.01. The molecule has 0 bridgehead atoms. The predicted molar refractivity (Wildman–Crippen MR) is 78.4 cm³/mol. The van der Waals surface area contributed by atoms with E-state index in [-0.39, 0.29) is 5.97 Å². The fraction of sp³-hybridized carbons (Fsp3) is 0.615. The number of thiophene rings is 1. The maximum absolute atomic E-state index is 11.9. The Hall–Kier alpha value is -0.520. The average molecular weight is 287 g/mol. The number of carbonyl (C=O) groups excluding carboxylic acids is 1. The van der Waals surface area contributed by atoms with Crippen molar-refractivity contribution < 1.29 is 9.53 Å². The van der Waals surface area contributed by atoms with E-state index in [1.807, 2.05) is 19.9 Å². The second-order valence-corrected chi connectivity index (χ2v) is 7.11. The third-order valence-electron chi connectivity index (χ3n) is 2.71. The number of carbonyl (C=O) groups is 1. The van der Waals surface area contributed by atoms with Crippen LogP contribution in [-0.2, 0) is 9.53 Å². The summed E-state index contributed by atoms with van der Waals surface area (Å²) in [6, 6.07) is 4.15. The predicted octanol–water partition coefficient (Wildman–Crippen LogP) is 3.16. The maximum atomic E-state index is 11.9. The zero-order valence-electron chi connectivity index (χ0n) is 11.4. The lowest BCUT2D eigenvalue weighted by molar-refractivity contribution is -0.148. The Kier molecular flexibility index (Phi) is 6.18. The van der Waals surface area contributed by atoms with Crippen LogP contribution in [0.1, 0.15) is 27.2 Å². The van der Waals surface area contributed by atoms with Crippen molar-refractivity contribution in [3.05, 3.63) is 17.5 Å². The molecule has 0 saturated heterocycles. The molecule has 0 aliphatic rings. The molecular formula is C13H21NO2S2. The number of hydrogen-bond acceptors (Lipinski definition) is 5. The molecule has 1 rings (SSSR count). The summed E-state index contributed by atoms with van der Waals surface area (Å²) >= 11 is 3.53. The Balaban J connectivity index is 2.62. The topological polar surface area (TPSA) is 38.3 Å². The molecule has 0 fully saturated rings. The summed E-state index contributed by atoms with van der Waals surface area (Å²) < 4.78 is 6.18. The lowest BCUT2D eigenvalue weighted by Gasteiger charge is -2.29. The van der Waals surface area contributed by atoms with Gasteiger partial charge in [0.15, 0.2) is 0 Å². The first kappa shape index (κ1) is 15.5. The molecule has 0 aromatic carbocycles. The molecule has 0 amide bonds. The van der Waals surface area contributed by atoms with Crippen molar-refractivity contribution >= 4 is 29.1 Å². The molecule has 1 N–H and O–H groups in total. The zero-order valence-corrected chi connectivity index (χ0v) is 13.0. The standard InChI is InChI=1S/C13H21NO2S2/c1-5-14-13(3,12(15)16-4)9-10(2)18-11-7-6-8-17-11/h6-8,10,14H,5,9H2,1-4H3. The van der Waals surface area contributed by atoms with Crippen LogP contribution < -0.4 is 5.32 Å². The molecular weight excluding hydrogens is 266 g/mol. The minimum Gasteiger partial charge on any atom is -0.468 e. The molecule has 0 saturated carbocycles. The van der Waals surface area contributed by atoms with E-state index in [4.69, 9.17) is 4.74 Å². The first-order valence-corrected chi connectivity index (χ1v) is 7.81. The smallest absolute Gasteiger partial charge is 0.325 e. The number of esters is 1. The monoisotopic (exact) mass is 287 g/mol. The Bertz CT molecular complexity index is 367. The van der Waals surface area contributed by atoms with E-state index < -0.39 is 5.54 Å². The number of methoxy groups -OCH3 is 1. The molecule has 1 heterocycles. The Labute approximate surface area is 117 Å². The van der Waals surface area contributed by atoms with E-state index in [2.05, 4.69) is 23.7 Å². The molecule has 0 aliphatic carbocycles. The van der Waals surface area contributed by atoms with Crippen molar-refractivity contribution in [3.63, 3.8) is 0 Å². The van der Waals surface area contributed by atoms with Gasteiger partial charge in [-0.15, -0.1) is 23.1 Å². The van der Waals surface area contributed by atoms with Gasteiger partial charge in [-0.3, -0.25) is 4.79 Å². The van der Waals surface area contributed by atoms with E-state index >= 15 is 0 Å². The van der Waals surface area contributed by atoms with Gasteiger partial charge in [0.2, 0.25) is 0 Å². The first-order valence-electron chi connectivity index (χ1n) is 6.05. The highest BCUT2D eigenvalue weighted by Gasteiger charge is 2.35. The Morgan fingerprint density at radius 2 is 2.39 bits per heavy atom. The minimum atomic E-state index is -0.604. The van der Waals surface area contributed by atoms with Gasteiger partial charge >= 0.3 is 5.97 Å². The third-order valence-corrected chi connectivity index (χ3v) is 4.89. The average Bonchev–Trinajstić information content (AvgIpc) is 2.80. The lowest BCUT2D eigenvalue weighted by Crippen LogP contribution is -2.51. The quantitative estimate of drug-likeness (QED) is 0.617. The van der Waals surface area contributed by atoms with Crippen LogP contribution in [0.2, 0.25) is 0 Å². The van der Waals surface area contributed by atoms with Crippen LogP contribution in [0.5, 0.6) is 0 Å². The van der Waals surface area contributed by atoms with E-state index in [0.29, 0.717) is 5.25 Å². The summed E-state index contributed by atoms with van der Waals surface area (Å²) in [5.74, 6) is -0.192. The Morgan fingerprint density at radius 1 is 1.67 bits per heavy atom. The first-order chi connectivity index (χ1) is 8.51. The van der Waals surface area contributed by atoms with Crippen molar-refractivity contribution in [3.8, 4) is 0 Å². The zero-order chi connectivity index (χ0) is 13.6. The molecule has 3 nitrogen and oxygen atoms in total. The second kappa shape index (κ2) is 7.16. The van der Waals surface area contributed by atoms with Crippen LogP contribution in [0.25, 0.3) is 0 Å². The molecule has 0 radical (unpaired) electrons. The normalized spacial score (nSPS) is 16.0. The third kappa shape index (κ3) is 4.30. The highest BCUT2D eigenvalue weighted by atomic mass is 32.2. The molecule has 5 heteroatoms. The summed E-state index contributed by atoms with van der Waals surface area (Å²) in [5, 5.41) is 5.66. The molecule has 18 heavy (non-hydrogen) atoms. The second-order valence-electron chi connectivity index (χ2n) is 4.42. The van der Waals surface area contributed by atoms with Crippen molar-refractivity contribution in [2.24, 2.45) is 0 Å². The molecule has 0 spiro atoms. The maximum Gasteiger partial charge on any atom is 0.325 e. The molecule has 1 aromatic heterocycles. The number of rotatable bonds is 7. The van der Waals surface area contributed by atoms with Crippen molar-refractivity contribution in [2.75, 3.05) is 13.7 Å². The number of likely N-dealkylation sites (N-methyl/N-ethyl adjacent to an activating group) is 1. The van der Waals surface area contributed by atoms with Gasteiger partial charge in [-0.05, 0) is 31.3 Å². The van der Waals surface area contributed by atoms with Crippen LogP contribution >= 0.6 is 23.1 Å². The summed E-state index contributed by atoms with van der Waals surface area (Å²) in [6.07, 6.45) is 0.746. The SMILES string of the molecule is CCNC(C)(CC(C)Sc1cccs1)C(=O)OC. The van der Waals surface area contributed by atoms with Crippen LogP contribution in [0.3, 0.4) is 0 Å². The van der Waals surface area contributed by atoms with Gasteiger partial charge in [0.1, 0.15) is 5.54 Å².